The zero-order valence-electron chi connectivity index (χ0n) is 25.2. The summed E-state index contributed by atoms with van der Waals surface area (Å²) in [5, 5.41) is 0. The second-order valence-corrected chi connectivity index (χ2v) is 16.2. The van der Waals surface area contributed by atoms with Gasteiger partial charge in [0, 0.05) is 25.9 Å². The third-order valence-corrected chi connectivity index (χ3v) is 10.0. The van der Waals surface area contributed by atoms with Crippen LogP contribution in [0, 0.1) is 0 Å². The summed E-state index contributed by atoms with van der Waals surface area (Å²) < 4.78 is 68.8. The molecule has 0 aromatic heterocycles. The molecular formula is C27H60N4O6S2. The second kappa shape index (κ2) is 19.2. The molecule has 236 valence electrons. The zero-order valence-corrected chi connectivity index (χ0v) is 26.8. The molecule has 0 saturated carbocycles. The highest BCUT2D eigenvalue weighted by Gasteiger charge is 2.28. The highest BCUT2D eigenvalue weighted by atomic mass is 32.3. The van der Waals surface area contributed by atoms with Crippen LogP contribution in [-0.4, -0.2) is 62.9 Å². The third kappa shape index (κ3) is 22.5. The molecule has 0 aliphatic rings. The average Bonchev–Trinajstić information content (AvgIpc) is 2.86. The number of hydrogen-bond acceptors (Lipinski definition) is 4. The minimum absolute atomic E-state index is 0.273. The van der Waals surface area contributed by atoms with Gasteiger partial charge in [-0.1, -0.05) is 84.5 Å². The number of rotatable bonds is 24. The van der Waals surface area contributed by atoms with Crippen molar-refractivity contribution >= 4 is 31.3 Å². The van der Waals surface area contributed by atoms with E-state index in [1.54, 1.807) is 0 Å². The van der Waals surface area contributed by atoms with Gasteiger partial charge in [0.2, 0.25) is 0 Å². The maximum absolute atomic E-state index is 12.2. The fourth-order valence-corrected chi connectivity index (χ4v) is 5.43. The molecule has 0 aromatic rings. The molecule has 0 amide bonds. The number of aliphatic imine (C=N–C) groups is 2. The monoisotopic (exact) mass is 600 g/mol. The van der Waals surface area contributed by atoms with Gasteiger partial charge < -0.3 is 0 Å². The van der Waals surface area contributed by atoms with E-state index in [-0.39, 0.29) is 11.5 Å². The van der Waals surface area contributed by atoms with Crippen LogP contribution >= 0.6 is 0 Å². The summed E-state index contributed by atoms with van der Waals surface area (Å²) >= 11 is 0. The first kappa shape index (κ1) is 38.1. The van der Waals surface area contributed by atoms with Crippen LogP contribution < -0.4 is 9.44 Å². The first-order valence-corrected chi connectivity index (χ1v) is 19.3. The number of amidine groups is 2. The summed E-state index contributed by atoms with van der Waals surface area (Å²) in [6.07, 6.45) is 16.8. The summed E-state index contributed by atoms with van der Waals surface area (Å²) in [6.45, 7) is 8.25. The van der Waals surface area contributed by atoms with Crippen molar-refractivity contribution in [2.24, 2.45) is 9.98 Å². The van der Waals surface area contributed by atoms with Gasteiger partial charge in [-0.05, 0) is 39.5 Å². The molecule has 0 spiro atoms. The van der Waals surface area contributed by atoms with E-state index in [1.165, 1.54) is 33.1 Å². The van der Waals surface area contributed by atoms with E-state index in [2.05, 4.69) is 33.3 Å². The molecule has 0 aliphatic heterocycles. The predicted molar refractivity (Wildman–Crippen MR) is 169 cm³/mol. The van der Waals surface area contributed by atoms with Crippen molar-refractivity contribution in [3.05, 3.63) is 0 Å². The second-order valence-electron chi connectivity index (χ2n) is 10.6. The van der Waals surface area contributed by atoms with Crippen molar-refractivity contribution in [2.45, 2.75) is 137 Å². The molecule has 10 nitrogen and oxygen atoms in total. The minimum atomic E-state index is -4.82. The lowest BCUT2D eigenvalue weighted by Crippen LogP contribution is -2.51. The van der Waals surface area contributed by atoms with Gasteiger partial charge in [-0.2, -0.15) is 0 Å². The van der Waals surface area contributed by atoms with E-state index in [0.29, 0.717) is 37.6 Å². The van der Waals surface area contributed by atoms with Gasteiger partial charge in [0.05, 0.1) is 11.5 Å². The van der Waals surface area contributed by atoms with E-state index >= 15 is 0 Å². The van der Waals surface area contributed by atoms with E-state index in [1.807, 2.05) is 0 Å². The third-order valence-electron chi connectivity index (χ3n) is 6.64. The lowest BCUT2D eigenvalue weighted by atomic mass is 10.0. The summed E-state index contributed by atoms with van der Waals surface area (Å²) in [6, 6.07) is 0. The number of unbranched alkanes of at least 4 members (excludes halogenated alkanes) is 12. The van der Waals surface area contributed by atoms with Crippen LogP contribution in [-0.2, 0) is 19.6 Å². The molecule has 0 atom stereocenters. The molecule has 39 heavy (non-hydrogen) atoms. The van der Waals surface area contributed by atoms with Crippen LogP contribution in [0.15, 0.2) is 9.98 Å². The molecule has 12 heteroatoms. The van der Waals surface area contributed by atoms with Gasteiger partial charge in [-0.15, -0.1) is 0 Å². The zero-order chi connectivity index (χ0) is 29.7. The Morgan fingerprint density at radius 1 is 0.513 bits per heavy atom. The van der Waals surface area contributed by atoms with Crippen LogP contribution in [0.25, 0.3) is 0 Å². The first-order chi connectivity index (χ1) is 18.2. The summed E-state index contributed by atoms with van der Waals surface area (Å²) in [5.41, 5.74) is 0. The Morgan fingerprint density at radius 3 is 1.05 bits per heavy atom. The van der Waals surface area contributed by atoms with Crippen LogP contribution in [0.4, 0.5) is 0 Å². The summed E-state index contributed by atoms with van der Waals surface area (Å²) in [7, 11) is -9.63. The van der Waals surface area contributed by atoms with Gasteiger partial charge in [-0.3, -0.25) is 37.6 Å². The Balaban J connectivity index is 4.07. The van der Waals surface area contributed by atoms with Gasteiger partial charge in [-0.25, -0.2) is 8.42 Å². The van der Waals surface area contributed by atoms with Gasteiger partial charge in [0.25, 0.3) is 0 Å². The van der Waals surface area contributed by atoms with Gasteiger partial charge in [0.1, 0.15) is 11.7 Å². The van der Waals surface area contributed by atoms with Crippen LogP contribution in [0.3, 0.4) is 0 Å². The molecule has 0 radical (unpaired) electrons. The maximum atomic E-state index is 12.2. The normalized spacial score (nSPS) is 15.4. The van der Waals surface area contributed by atoms with Gasteiger partial charge >= 0.3 is 0 Å². The Kier molecular flexibility index (Phi) is 18.8. The number of nitrogens with one attached hydrogen (secondary N) is 2. The molecular weight excluding hydrogens is 540 g/mol. The van der Waals surface area contributed by atoms with E-state index < -0.39 is 19.6 Å². The highest BCUT2D eigenvalue weighted by Crippen LogP contribution is 2.16. The Hall–Kier alpha value is -0.920. The van der Waals surface area contributed by atoms with E-state index in [4.69, 9.17) is 0 Å². The predicted octanol–water partition coefficient (Wildman–Crippen LogP) is 7.04. The molecule has 0 heterocycles. The molecule has 0 unspecified atom stereocenters. The fourth-order valence-electron chi connectivity index (χ4n) is 3.86. The van der Waals surface area contributed by atoms with E-state index in [9.17, 15) is 26.6 Å². The number of hydrogen-bond donors (Lipinski definition) is 6. The van der Waals surface area contributed by atoms with Crippen molar-refractivity contribution in [2.75, 3.05) is 24.6 Å². The van der Waals surface area contributed by atoms with E-state index in [0.717, 1.165) is 77.0 Å². The van der Waals surface area contributed by atoms with Crippen LogP contribution in [0.2, 0.25) is 0 Å². The van der Waals surface area contributed by atoms with Gasteiger partial charge in [0.15, 0.2) is 19.6 Å². The molecule has 0 fully saturated rings. The Morgan fingerprint density at radius 2 is 0.795 bits per heavy atom. The smallest absolute Gasteiger partial charge is 0.157 e. The summed E-state index contributed by atoms with van der Waals surface area (Å²) in [4.78, 5) is 8.79. The first-order valence-electron chi connectivity index (χ1n) is 15.2. The quantitative estimate of drug-likeness (QED) is 0.0395. The van der Waals surface area contributed by atoms with Crippen molar-refractivity contribution < 1.29 is 26.6 Å². The molecule has 6 N–H and O–H groups in total. The molecule has 0 aromatic carbocycles. The fraction of sp³-hybridized carbons (Fsp3) is 0.926. The standard InChI is InChI=1S/C27H60N4O6S2/c1-5-9-24-28-26(30-38(32,33,34)7-3)22-20-18-16-14-12-11-13-15-17-19-21-23-27(29-25-10-6-2)31-39(35,36,37)8-4/h5-25H2,1-4H3,(H3,28,30,32,33,34)(H3,29,31,35,36,37). The van der Waals surface area contributed by atoms with Crippen LogP contribution in [0.1, 0.15) is 137 Å². The Labute approximate surface area is 238 Å². The van der Waals surface area contributed by atoms with Crippen molar-refractivity contribution in [3.63, 3.8) is 0 Å². The van der Waals surface area contributed by atoms with Crippen molar-refractivity contribution in [1.82, 2.24) is 9.44 Å². The lowest BCUT2D eigenvalue weighted by Gasteiger charge is -2.31. The summed E-state index contributed by atoms with van der Waals surface area (Å²) in [5.74, 6) is 0.305. The number of nitrogens with zero attached hydrogens (tertiary/aromatic N) is 2. The minimum Gasteiger partial charge on any atom is -0.293 e. The molecule has 0 rings (SSSR count). The maximum Gasteiger partial charge on any atom is 0.157 e. The van der Waals surface area contributed by atoms with Crippen molar-refractivity contribution in [3.8, 4) is 0 Å². The Bertz CT molecular complexity index is 783. The SMILES string of the molecule is CCCCN=C(CCCCCCCCCCCCCC(=NCCCC)NS(=O)(O)(O)CC)NS(=O)(O)(O)CC. The van der Waals surface area contributed by atoms with Crippen molar-refractivity contribution in [1.29, 1.82) is 0 Å². The lowest BCUT2D eigenvalue weighted by molar-refractivity contribution is 0.382. The van der Waals surface area contributed by atoms with Crippen LogP contribution in [0.5, 0.6) is 0 Å². The molecule has 0 saturated heterocycles. The molecule has 0 aliphatic carbocycles. The highest BCUT2D eigenvalue weighted by molar-refractivity contribution is 8.09. The topological polar surface area (TPSA) is 164 Å². The average molecular weight is 601 g/mol. The molecule has 0 bridgehead atoms. The largest absolute Gasteiger partial charge is 0.293 e.